The van der Waals surface area contributed by atoms with E-state index >= 15 is 0 Å². The summed E-state index contributed by atoms with van der Waals surface area (Å²) in [5.74, 6) is -2.64. The highest BCUT2D eigenvalue weighted by atomic mass is 16.4. The van der Waals surface area contributed by atoms with Gasteiger partial charge >= 0.3 is 5.97 Å². The minimum Gasteiger partial charge on any atom is -0.481 e. The molecular formula is C30H44O7. The largest absolute Gasteiger partial charge is 0.481 e. The Balaban J connectivity index is 1.52. The number of ketones is 2. The molecule has 5 aliphatic rings. The van der Waals surface area contributed by atoms with Crippen LogP contribution in [0.4, 0.5) is 0 Å². The molecule has 11 atom stereocenters. The Hall–Kier alpha value is -1.57. The van der Waals surface area contributed by atoms with Crippen molar-refractivity contribution in [2.24, 2.45) is 51.2 Å². The van der Waals surface area contributed by atoms with E-state index in [2.05, 4.69) is 34.3 Å². The van der Waals surface area contributed by atoms with Crippen LogP contribution in [0.2, 0.25) is 0 Å². The number of carboxylic acids is 1. The molecule has 37 heavy (non-hydrogen) atoms. The van der Waals surface area contributed by atoms with Crippen LogP contribution in [0.1, 0.15) is 86.0 Å². The van der Waals surface area contributed by atoms with Crippen LogP contribution in [0.15, 0.2) is 12.2 Å². The number of aliphatic carboxylic acids is 1. The van der Waals surface area contributed by atoms with Crippen LogP contribution in [0.25, 0.3) is 0 Å². The maximum Gasteiger partial charge on any atom is 0.312 e. The van der Waals surface area contributed by atoms with Crippen molar-refractivity contribution in [3.05, 3.63) is 12.2 Å². The van der Waals surface area contributed by atoms with E-state index in [0.29, 0.717) is 24.7 Å². The molecule has 11 unspecified atom stereocenters. The Morgan fingerprint density at radius 3 is 2.35 bits per heavy atom. The van der Waals surface area contributed by atoms with Gasteiger partial charge in [-0.05, 0) is 74.5 Å². The summed E-state index contributed by atoms with van der Waals surface area (Å²) in [6, 6.07) is 0. The van der Waals surface area contributed by atoms with E-state index in [1.165, 1.54) is 12.5 Å². The third-order valence-electron chi connectivity index (χ3n) is 12.5. The molecule has 7 nitrogen and oxygen atoms in total. The molecule has 5 saturated carbocycles. The highest BCUT2D eigenvalue weighted by Gasteiger charge is 2.93. The highest BCUT2D eigenvalue weighted by Crippen LogP contribution is 2.86. The fourth-order valence-electron chi connectivity index (χ4n) is 10.4. The zero-order valence-electron chi connectivity index (χ0n) is 22.9. The normalized spacial score (nSPS) is 51.1. The summed E-state index contributed by atoms with van der Waals surface area (Å²) in [5.41, 5.74) is -5.25. The molecule has 0 aromatic heterocycles. The van der Waals surface area contributed by atoms with Gasteiger partial charge in [0.05, 0.1) is 23.2 Å². The number of carbonyl (C=O) groups is 3. The number of aliphatic hydroxyl groups is 3. The monoisotopic (exact) mass is 516 g/mol. The van der Waals surface area contributed by atoms with Gasteiger partial charge in [-0.1, -0.05) is 39.8 Å². The Kier molecular flexibility index (Phi) is 5.83. The van der Waals surface area contributed by atoms with Gasteiger partial charge in [-0.3, -0.25) is 14.4 Å². The highest BCUT2D eigenvalue weighted by molar-refractivity contribution is 6.04. The van der Waals surface area contributed by atoms with E-state index < -0.39 is 57.1 Å². The van der Waals surface area contributed by atoms with Crippen molar-refractivity contribution in [3.8, 4) is 0 Å². The number of hydrogen-bond acceptors (Lipinski definition) is 6. The molecule has 0 aromatic rings. The summed E-state index contributed by atoms with van der Waals surface area (Å²) < 4.78 is 0. The number of aliphatic hydroxyl groups excluding tert-OH is 2. The molecule has 2 spiro atoms. The van der Waals surface area contributed by atoms with E-state index in [0.717, 1.165) is 19.3 Å². The van der Waals surface area contributed by atoms with Gasteiger partial charge in [-0.2, -0.15) is 0 Å². The lowest BCUT2D eigenvalue weighted by atomic mass is 9.42. The van der Waals surface area contributed by atoms with Crippen molar-refractivity contribution in [1.82, 2.24) is 0 Å². The van der Waals surface area contributed by atoms with Crippen molar-refractivity contribution >= 4 is 17.5 Å². The number of carbonyl (C=O) groups excluding carboxylic acids is 2. The molecule has 0 amide bonds. The van der Waals surface area contributed by atoms with Crippen LogP contribution in [0.5, 0.6) is 0 Å². The van der Waals surface area contributed by atoms with E-state index in [4.69, 9.17) is 0 Å². The van der Waals surface area contributed by atoms with E-state index in [1.54, 1.807) is 0 Å². The minimum atomic E-state index is -1.83. The minimum absolute atomic E-state index is 0.115. The molecule has 0 radical (unpaired) electrons. The molecule has 0 bridgehead atoms. The summed E-state index contributed by atoms with van der Waals surface area (Å²) in [6.07, 6.45) is 0.876. The van der Waals surface area contributed by atoms with E-state index in [1.807, 2.05) is 0 Å². The second-order valence-corrected chi connectivity index (χ2v) is 14.1. The maximum absolute atomic E-state index is 13.8. The lowest BCUT2D eigenvalue weighted by Gasteiger charge is -2.62. The number of Topliss-reactive ketones (excluding diaryl/α,β-unsaturated/α-hetero) is 2. The van der Waals surface area contributed by atoms with Gasteiger partial charge < -0.3 is 20.4 Å². The molecule has 0 aliphatic heterocycles. The van der Waals surface area contributed by atoms with Crippen LogP contribution in [0, 0.1) is 51.2 Å². The Labute approximate surface area is 219 Å². The summed E-state index contributed by atoms with van der Waals surface area (Å²) in [4.78, 5) is 39.8. The van der Waals surface area contributed by atoms with Crippen molar-refractivity contribution in [1.29, 1.82) is 0 Å². The van der Waals surface area contributed by atoms with Crippen LogP contribution < -0.4 is 0 Å². The first-order valence-corrected chi connectivity index (χ1v) is 14.1. The molecule has 4 N–H and O–H groups in total. The van der Waals surface area contributed by atoms with Crippen LogP contribution in [-0.2, 0) is 14.4 Å². The summed E-state index contributed by atoms with van der Waals surface area (Å²) in [5, 5.41) is 45.2. The SMILES string of the molecule is C=C(CCC(C)C1CCC2C1(C)CC(O)C13CC14C(=O)CC(O)C(C)(C(=O)O)C4C(=O)CC23O)C(C)C. The smallest absolute Gasteiger partial charge is 0.312 e. The lowest BCUT2D eigenvalue weighted by molar-refractivity contribution is -0.242. The fourth-order valence-corrected chi connectivity index (χ4v) is 10.4. The molecule has 5 fully saturated rings. The average molecular weight is 517 g/mol. The van der Waals surface area contributed by atoms with Crippen LogP contribution in [0.3, 0.4) is 0 Å². The number of carboxylic acid groups (broad SMARTS) is 1. The van der Waals surface area contributed by atoms with Gasteiger partial charge in [0.15, 0.2) is 0 Å². The van der Waals surface area contributed by atoms with Crippen molar-refractivity contribution in [2.75, 3.05) is 0 Å². The first-order chi connectivity index (χ1) is 17.1. The molecular weight excluding hydrogens is 472 g/mol. The average Bonchev–Trinajstić information content (AvgIpc) is 3.39. The van der Waals surface area contributed by atoms with Crippen molar-refractivity contribution in [2.45, 2.75) is 104 Å². The number of allylic oxidation sites excluding steroid dienone is 1. The molecule has 5 aliphatic carbocycles. The van der Waals surface area contributed by atoms with Gasteiger partial charge in [0, 0.05) is 24.2 Å². The summed E-state index contributed by atoms with van der Waals surface area (Å²) >= 11 is 0. The topological polar surface area (TPSA) is 132 Å². The predicted octanol–water partition coefficient (Wildman–Crippen LogP) is 3.53. The van der Waals surface area contributed by atoms with E-state index in [9.17, 15) is 34.8 Å². The third kappa shape index (κ3) is 2.97. The van der Waals surface area contributed by atoms with Crippen molar-refractivity contribution in [3.63, 3.8) is 0 Å². The summed E-state index contributed by atoms with van der Waals surface area (Å²) in [6.45, 7) is 14.2. The second-order valence-electron chi connectivity index (χ2n) is 14.1. The molecule has 7 heteroatoms. The van der Waals surface area contributed by atoms with Crippen LogP contribution in [-0.4, -0.2) is 55.8 Å². The third-order valence-corrected chi connectivity index (χ3v) is 12.5. The first kappa shape index (κ1) is 27.0. The molecule has 0 saturated heterocycles. The Bertz CT molecular complexity index is 1070. The Morgan fingerprint density at radius 1 is 1.11 bits per heavy atom. The predicted molar refractivity (Wildman–Crippen MR) is 136 cm³/mol. The Morgan fingerprint density at radius 2 is 1.76 bits per heavy atom. The standard InChI is InChI=1S/C30H44O7/c1-15(2)16(3)7-8-17(4)18-9-10-20-26(18,5)13-23(34)29-14-28(29)22(33)11-21(32)27(6,25(35)36)24(28)19(31)12-30(20,29)37/h15,17-18,20-21,23-24,32,34,37H,3,7-14H2,1-2,4-6H3,(H,35,36). The van der Waals surface area contributed by atoms with Gasteiger partial charge in [0.25, 0.3) is 0 Å². The second kappa shape index (κ2) is 7.98. The van der Waals surface area contributed by atoms with Gasteiger partial charge in [-0.25, -0.2) is 0 Å². The van der Waals surface area contributed by atoms with Crippen molar-refractivity contribution < 1.29 is 34.8 Å². The zero-order valence-corrected chi connectivity index (χ0v) is 22.9. The maximum atomic E-state index is 13.8. The number of rotatable bonds is 6. The summed E-state index contributed by atoms with van der Waals surface area (Å²) in [7, 11) is 0. The zero-order chi connectivity index (χ0) is 27.5. The lowest BCUT2D eigenvalue weighted by Crippen LogP contribution is -2.72. The molecule has 0 heterocycles. The van der Waals surface area contributed by atoms with Gasteiger partial charge in [0.2, 0.25) is 0 Å². The number of hydrogen-bond donors (Lipinski definition) is 4. The molecule has 0 aromatic carbocycles. The number of fused-ring (bicyclic) bond motifs is 2. The van der Waals surface area contributed by atoms with Crippen LogP contribution >= 0.6 is 0 Å². The molecule has 5 rings (SSSR count). The van der Waals surface area contributed by atoms with Gasteiger partial charge in [0.1, 0.15) is 17.0 Å². The first-order valence-electron chi connectivity index (χ1n) is 14.1. The van der Waals surface area contributed by atoms with Gasteiger partial charge in [-0.15, -0.1) is 0 Å². The quantitative estimate of drug-likeness (QED) is 0.397. The molecule has 206 valence electrons. The van der Waals surface area contributed by atoms with E-state index in [-0.39, 0.29) is 36.9 Å². The fraction of sp³-hybridized carbons (Fsp3) is 0.833.